The van der Waals surface area contributed by atoms with Gasteiger partial charge in [-0.25, -0.2) is 13.4 Å². The van der Waals surface area contributed by atoms with Crippen LogP contribution in [0.3, 0.4) is 0 Å². The van der Waals surface area contributed by atoms with Crippen LogP contribution >= 0.6 is 0 Å². The highest BCUT2D eigenvalue weighted by molar-refractivity contribution is 7.91. The van der Waals surface area contributed by atoms with E-state index < -0.39 is 9.84 Å². The Bertz CT molecular complexity index is 699. The number of sulfone groups is 1. The zero-order chi connectivity index (χ0) is 14.2. The van der Waals surface area contributed by atoms with Gasteiger partial charge in [0.2, 0.25) is 9.84 Å². The minimum atomic E-state index is -3.43. The van der Waals surface area contributed by atoms with E-state index in [0.29, 0.717) is 18.2 Å². The van der Waals surface area contributed by atoms with Gasteiger partial charge in [-0.15, -0.1) is 5.10 Å². The third-order valence-corrected chi connectivity index (χ3v) is 4.88. The van der Waals surface area contributed by atoms with Crippen LogP contribution in [0.2, 0.25) is 0 Å². The molecule has 1 aliphatic rings. The third-order valence-electron chi connectivity index (χ3n) is 3.39. The molecule has 3 rings (SSSR count). The number of hydrogen-bond acceptors (Lipinski definition) is 5. The topological polar surface area (TPSA) is 93.5 Å². The van der Waals surface area contributed by atoms with Crippen molar-refractivity contribution in [3.8, 4) is 0 Å². The minimum absolute atomic E-state index is 0.00433. The van der Waals surface area contributed by atoms with Crippen LogP contribution < -0.4 is 0 Å². The molecule has 0 spiro atoms. The number of aromatic amines is 1. The molecule has 1 aliphatic carbocycles. The first-order valence-corrected chi connectivity index (χ1v) is 8.40. The van der Waals surface area contributed by atoms with E-state index in [1.165, 1.54) is 0 Å². The Morgan fingerprint density at radius 2 is 2.25 bits per heavy atom. The van der Waals surface area contributed by atoms with Gasteiger partial charge in [-0.1, -0.05) is 0 Å². The summed E-state index contributed by atoms with van der Waals surface area (Å²) in [5.41, 5.74) is 0.911. The maximum atomic E-state index is 12.2. The number of H-pyrrole nitrogens is 1. The van der Waals surface area contributed by atoms with E-state index in [4.69, 9.17) is 0 Å². The first kappa shape index (κ1) is 13.3. The van der Waals surface area contributed by atoms with Crippen molar-refractivity contribution >= 4 is 9.84 Å². The lowest BCUT2D eigenvalue weighted by Gasteiger charge is -1.98. The smallest absolute Gasteiger partial charge is 0.266 e. The normalized spacial score (nSPS) is 15.7. The lowest BCUT2D eigenvalue weighted by molar-refractivity contribution is 0.587. The zero-order valence-electron chi connectivity index (χ0n) is 11.3. The minimum Gasteiger partial charge on any atom is -0.273 e. The highest BCUT2D eigenvalue weighted by Crippen LogP contribution is 2.38. The number of rotatable bonds is 6. The molecule has 0 amide bonds. The van der Waals surface area contributed by atoms with Crippen molar-refractivity contribution in [2.75, 3.05) is 5.75 Å². The summed E-state index contributed by atoms with van der Waals surface area (Å²) in [5.74, 6) is 1.07. The van der Waals surface area contributed by atoms with E-state index >= 15 is 0 Å². The van der Waals surface area contributed by atoms with Crippen molar-refractivity contribution in [3.63, 3.8) is 0 Å². The van der Waals surface area contributed by atoms with E-state index in [2.05, 4.69) is 20.3 Å². The predicted molar refractivity (Wildman–Crippen MR) is 72.0 cm³/mol. The van der Waals surface area contributed by atoms with Crippen LogP contribution in [0.5, 0.6) is 0 Å². The SMILES string of the molecule is CCn1cc(CCS(=O)(=O)c2n[nH]c(C3CC3)n2)cn1. The van der Waals surface area contributed by atoms with Crippen LogP contribution in [-0.4, -0.2) is 39.1 Å². The van der Waals surface area contributed by atoms with Crippen LogP contribution in [0.25, 0.3) is 0 Å². The molecule has 108 valence electrons. The molecular weight excluding hydrogens is 278 g/mol. The van der Waals surface area contributed by atoms with E-state index in [-0.39, 0.29) is 10.9 Å². The number of nitrogens with one attached hydrogen (secondary N) is 1. The standard InChI is InChI=1S/C12H17N5O2S/c1-2-17-8-9(7-13-17)5-6-20(18,19)12-14-11(15-16-12)10-3-4-10/h7-8,10H,2-6H2,1H3,(H,14,15,16). The molecule has 2 aromatic heterocycles. The molecular formula is C12H17N5O2S. The molecule has 0 aliphatic heterocycles. The summed E-state index contributed by atoms with van der Waals surface area (Å²) in [6, 6.07) is 0. The molecule has 0 saturated heterocycles. The lowest BCUT2D eigenvalue weighted by atomic mass is 10.3. The highest BCUT2D eigenvalue weighted by Gasteiger charge is 2.29. The van der Waals surface area contributed by atoms with Crippen LogP contribution in [-0.2, 0) is 22.8 Å². The van der Waals surface area contributed by atoms with Gasteiger partial charge in [0, 0.05) is 18.7 Å². The van der Waals surface area contributed by atoms with Gasteiger partial charge in [-0.3, -0.25) is 9.78 Å². The summed E-state index contributed by atoms with van der Waals surface area (Å²) < 4.78 is 26.1. The van der Waals surface area contributed by atoms with Crippen LogP contribution in [0.15, 0.2) is 17.6 Å². The molecule has 0 bridgehead atoms. The van der Waals surface area contributed by atoms with Crippen molar-refractivity contribution in [2.45, 2.75) is 43.8 Å². The Balaban J connectivity index is 1.67. The second-order valence-electron chi connectivity index (χ2n) is 5.05. The van der Waals surface area contributed by atoms with E-state index in [1.54, 1.807) is 10.9 Å². The first-order valence-electron chi connectivity index (χ1n) is 6.75. The Labute approximate surface area is 117 Å². The second kappa shape index (κ2) is 5.01. The monoisotopic (exact) mass is 295 g/mol. The molecule has 8 heteroatoms. The highest BCUT2D eigenvalue weighted by atomic mass is 32.2. The van der Waals surface area contributed by atoms with Crippen molar-refractivity contribution in [3.05, 3.63) is 23.8 Å². The van der Waals surface area contributed by atoms with Gasteiger partial charge in [0.05, 0.1) is 11.9 Å². The number of hydrogen-bond donors (Lipinski definition) is 1. The summed E-state index contributed by atoms with van der Waals surface area (Å²) in [7, 11) is -3.43. The predicted octanol–water partition coefficient (Wildman–Crippen LogP) is 0.915. The van der Waals surface area contributed by atoms with Gasteiger partial charge in [-0.05, 0) is 31.7 Å². The number of aryl methyl sites for hydroxylation is 2. The largest absolute Gasteiger partial charge is 0.273 e. The summed E-state index contributed by atoms with van der Waals surface area (Å²) in [6.45, 7) is 2.76. The first-order chi connectivity index (χ1) is 9.58. The molecule has 1 fully saturated rings. The Hall–Kier alpha value is -1.70. The average Bonchev–Trinajstić information content (AvgIpc) is 2.99. The summed E-state index contributed by atoms with van der Waals surface area (Å²) in [4.78, 5) is 4.10. The Morgan fingerprint density at radius 3 is 2.90 bits per heavy atom. The molecule has 2 heterocycles. The number of aromatic nitrogens is 5. The second-order valence-corrected chi connectivity index (χ2v) is 7.05. The molecule has 20 heavy (non-hydrogen) atoms. The molecule has 0 atom stereocenters. The van der Waals surface area contributed by atoms with Gasteiger partial charge in [0.15, 0.2) is 0 Å². The fourth-order valence-electron chi connectivity index (χ4n) is 1.99. The molecule has 2 aromatic rings. The molecule has 0 unspecified atom stereocenters. The number of nitrogens with zero attached hydrogens (tertiary/aromatic N) is 4. The van der Waals surface area contributed by atoms with Gasteiger partial charge >= 0.3 is 0 Å². The van der Waals surface area contributed by atoms with Gasteiger partial charge in [0.25, 0.3) is 5.16 Å². The Kier molecular flexibility index (Phi) is 3.33. The molecule has 0 radical (unpaired) electrons. The summed E-state index contributed by atoms with van der Waals surface area (Å²) in [6.07, 6.45) is 6.11. The summed E-state index contributed by atoms with van der Waals surface area (Å²) >= 11 is 0. The third kappa shape index (κ3) is 2.74. The molecule has 0 aromatic carbocycles. The molecule has 1 N–H and O–H groups in total. The molecule has 7 nitrogen and oxygen atoms in total. The van der Waals surface area contributed by atoms with Gasteiger partial charge in [-0.2, -0.15) is 5.10 Å². The van der Waals surface area contributed by atoms with Crippen molar-refractivity contribution in [2.24, 2.45) is 0 Å². The maximum absolute atomic E-state index is 12.2. The van der Waals surface area contributed by atoms with Crippen molar-refractivity contribution in [1.29, 1.82) is 0 Å². The van der Waals surface area contributed by atoms with E-state index in [0.717, 1.165) is 24.9 Å². The quantitative estimate of drug-likeness (QED) is 0.855. The lowest BCUT2D eigenvalue weighted by Crippen LogP contribution is -2.11. The van der Waals surface area contributed by atoms with Crippen molar-refractivity contribution < 1.29 is 8.42 Å². The van der Waals surface area contributed by atoms with Crippen LogP contribution in [0.1, 0.15) is 37.1 Å². The zero-order valence-corrected chi connectivity index (χ0v) is 12.1. The van der Waals surface area contributed by atoms with E-state index in [9.17, 15) is 8.42 Å². The van der Waals surface area contributed by atoms with Crippen LogP contribution in [0.4, 0.5) is 0 Å². The fourth-order valence-corrected chi connectivity index (χ4v) is 3.10. The average molecular weight is 295 g/mol. The van der Waals surface area contributed by atoms with E-state index in [1.807, 2.05) is 13.1 Å². The maximum Gasteiger partial charge on any atom is 0.266 e. The van der Waals surface area contributed by atoms with Crippen molar-refractivity contribution in [1.82, 2.24) is 25.0 Å². The van der Waals surface area contributed by atoms with Gasteiger partial charge < -0.3 is 0 Å². The fraction of sp³-hybridized carbons (Fsp3) is 0.583. The Morgan fingerprint density at radius 1 is 1.45 bits per heavy atom. The van der Waals surface area contributed by atoms with Crippen LogP contribution in [0, 0.1) is 0 Å². The summed E-state index contributed by atoms with van der Waals surface area (Å²) in [5, 5.41) is 10.6. The molecule has 1 saturated carbocycles. The van der Waals surface area contributed by atoms with Gasteiger partial charge in [0.1, 0.15) is 5.82 Å².